The van der Waals surface area contributed by atoms with E-state index in [1.54, 1.807) is 47.6 Å². The molecule has 0 spiro atoms. The maximum absolute atomic E-state index is 12.5. The monoisotopic (exact) mass is 391 g/mol. The van der Waals surface area contributed by atoms with E-state index in [0.717, 1.165) is 22.4 Å². The third-order valence-corrected chi connectivity index (χ3v) is 3.47. The minimum absolute atomic E-state index is 0.0260. The van der Waals surface area contributed by atoms with Crippen LogP contribution in [0.4, 0.5) is 9.59 Å². The summed E-state index contributed by atoms with van der Waals surface area (Å²) in [6.45, 7) is 10.6. The lowest BCUT2D eigenvalue weighted by molar-refractivity contribution is 0.00377. The predicted molar refractivity (Wildman–Crippen MR) is 110 cm³/mol. The Kier molecular flexibility index (Phi) is 8.69. The Balaban J connectivity index is 2.96. The molecule has 0 fully saturated rings. The van der Waals surface area contributed by atoms with Crippen molar-refractivity contribution in [3.63, 3.8) is 0 Å². The maximum atomic E-state index is 12.5. The lowest BCUT2D eigenvalue weighted by Crippen LogP contribution is -2.43. The van der Waals surface area contributed by atoms with E-state index in [1.165, 1.54) is 0 Å². The Labute approximate surface area is 168 Å². The Bertz CT molecular complexity index is 655. The highest BCUT2D eigenvalue weighted by molar-refractivity contribution is 5.88. The molecule has 6 heteroatoms. The normalized spacial score (nSPS) is 12.1. The highest BCUT2D eigenvalue weighted by atomic mass is 16.6. The van der Waals surface area contributed by atoms with E-state index < -0.39 is 23.4 Å². The van der Waals surface area contributed by atoms with E-state index in [4.69, 9.17) is 14.6 Å². The average Bonchev–Trinajstić information content (AvgIpc) is 2.54. The Morgan fingerprint density at radius 3 is 2.04 bits per heavy atom. The van der Waals surface area contributed by atoms with E-state index in [0.29, 0.717) is 6.42 Å². The van der Waals surface area contributed by atoms with Crippen molar-refractivity contribution in [1.82, 2.24) is 4.90 Å². The van der Waals surface area contributed by atoms with Gasteiger partial charge in [0.2, 0.25) is 0 Å². The SMILES string of the molecule is CC(C)(C)OC(=O)N(C/C=C/c1ccccc1CCCO)C(=O)OC(C)(C)C. The van der Waals surface area contributed by atoms with Gasteiger partial charge in [-0.1, -0.05) is 36.4 Å². The van der Waals surface area contributed by atoms with Crippen molar-refractivity contribution in [1.29, 1.82) is 0 Å². The van der Waals surface area contributed by atoms with Crippen LogP contribution in [0.2, 0.25) is 0 Å². The standard InChI is InChI=1S/C22H33NO5/c1-21(2,3)27-19(25)23(20(26)28-22(4,5)6)15-9-13-17-11-7-8-12-18(17)14-10-16-24/h7-9,11-13,24H,10,14-16H2,1-6H3/b13-9+. The molecule has 0 aliphatic rings. The van der Waals surface area contributed by atoms with Crippen LogP contribution in [-0.2, 0) is 15.9 Å². The van der Waals surface area contributed by atoms with Gasteiger partial charge in [0, 0.05) is 6.61 Å². The molecule has 0 bridgehead atoms. The predicted octanol–water partition coefficient (Wildman–Crippen LogP) is 4.80. The van der Waals surface area contributed by atoms with Crippen LogP contribution in [-0.4, -0.2) is 46.5 Å². The topological polar surface area (TPSA) is 76.1 Å². The summed E-state index contributed by atoms with van der Waals surface area (Å²) in [4.78, 5) is 25.9. The second-order valence-corrected chi connectivity index (χ2v) is 8.50. The van der Waals surface area contributed by atoms with Crippen LogP contribution in [0.25, 0.3) is 6.08 Å². The first-order valence-electron chi connectivity index (χ1n) is 9.52. The zero-order valence-electron chi connectivity index (χ0n) is 17.8. The van der Waals surface area contributed by atoms with Crippen LogP contribution < -0.4 is 0 Å². The molecule has 0 saturated carbocycles. The molecule has 0 atom stereocenters. The smallest absolute Gasteiger partial charge is 0.420 e. The van der Waals surface area contributed by atoms with Crippen LogP contribution in [0.3, 0.4) is 0 Å². The van der Waals surface area contributed by atoms with Gasteiger partial charge in [0.05, 0.1) is 6.54 Å². The van der Waals surface area contributed by atoms with Crippen LogP contribution >= 0.6 is 0 Å². The van der Waals surface area contributed by atoms with Crippen molar-refractivity contribution < 1.29 is 24.2 Å². The highest BCUT2D eigenvalue weighted by Gasteiger charge is 2.30. The fraction of sp³-hybridized carbons (Fsp3) is 0.545. The van der Waals surface area contributed by atoms with Gasteiger partial charge < -0.3 is 14.6 Å². The molecule has 0 saturated heterocycles. The Morgan fingerprint density at radius 2 is 1.54 bits per heavy atom. The van der Waals surface area contributed by atoms with Gasteiger partial charge in [-0.05, 0) is 65.5 Å². The third-order valence-electron chi connectivity index (χ3n) is 3.47. The molecule has 6 nitrogen and oxygen atoms in total. The summed E-state index contributed by atoms with van der Waals surface area (Å²) >= 11 is 0. The average molecular weight is 392 g/mol. The molecule has 0 aliphatic carbocycles. The van der Waals surface area contributed by atoms with Gasteiger partial charge in [-0.3, -0.25) is 0 Å². The van der Waals surface area contributed by atoms with Gasteiger partial charge in [0.1, 0.15) is 11.2 Å². The maximum Gasteiger partial charge on any atom is 0.420 e. The molecule has 1 aromatic carbocycles. The lowest BCUT2D eigenvalue weighted by atomic mass is 10.0. The van der Waals surface area contributed by atoms with Gasteiger partial charge in [-0.15, -0.1) is 0 Å². The van der Waals surface area contributed by atoms with Crippen LogP contribution in [0, 0.1) is 0 Å². The molecule has 1 rings (SSSR count). The first-order chi connectivity index (χ1) is 12.9. The zero-order valence-corrected chi connectivity index (χ0v) is 17.8. The summed E-state index contributed by atoms with van der Waals surface area (Å²) < 4.78 is 10.7. The fourth-order valence-corrected chi connectivity index (χ4v) is 2.34. The zero-order chi connectivity index (χ0) is 21.4. The number of aryl methyl sites for hydroxylation is 1. The van der Waals surface area contributed by atoms with E-state index in [1.807, 2.05) is 30.3 Å². The van der Waals surface area contributed by atoms with Crippen molar-refractivity contribution >= 4 is 18.3 Å². The van der Waals surface area contributed by atoms with Gasteiger partial charge in [0.15, 0.2) is 0 Å². The molecule has 0 unspecified atom stereocenters. The number of nitrogens with zero attached hydrogens (tertiary/aromatic N) is 1. The molecule has 2 amide bonds. The molecular weight excluding hydrogens is 358 g/mol. The van der Waals surface area contributed by atoms with Crippen molar-refractivity contribution in [2.45, 2.75) is 65.6 Å². The first-order valence-corrected chi connectivity index (χ1v) is 9.52. The molecule has 0 aromatic heterocycles. The number of hydrogen-bond donors (Lipinski definition) is 1. The number of carbonyl (C=O) groups excluding carboxylic acids is 2. The number of carbonyl (C=O) groups is 2. The quantitative estimate of drug-likeness (QED) is 0.754. The summed E-state index contributed by atoms with van der Waals surface area (Å²) in [6.07, 6.45) is 3.51. The van der Waals surface area contributed by atoms with Gasteiger partial charge in [-0.2, -0.15) is 0 Å². The molecule has 0 aliphatic heterocycles. The Hall–Kier alpha value is -2.34. The van der Waals surface area contributed by atoms with E-state index >= 15 is 0 Å². The number of rotatable bonds is 6. The third kappa shape index (κ3) is 9.04. The number of aliphatic hydroxyl groups is 1. The lowest BCUT2D eigenvalue weighted by Gasteiger charge is -2.28. The second kappa shape index (κ2) is 10.3. The molecule has 1 aromatic rings. The largest absolute Gasteiger partial charge is 0.443 e. The molecule has 156 valence electrons. The molecular formula is C22H33NO5. The fourth-order valence-electron chi connectivity index (χ4n) is 2.34. The number of imide groups is 1. The van der Waals surface area contributed by atoms with Crippen molar-refractivity contribution in [2.75, 3.05) is 13.2 Å². The molecule has 1 N–H and O–H groups in total. The number of aliphatic hydroxyl groups excluding tert-OH is 1. The minimum Gasteiger partial charge on any atom is -0.443 e. The summed E-state index contributed by atoms with van der Waals surface area (Å²) in [5.41, 5.74) is 0.619. The summed E-state index contributed by atoms with van der Waals surface area (Å²) in [5.74, 6) is 0. The van der Waals surface area contributed by atoms with Crippen molar-refractivity contribution in [3.8, 4) is 0 Å². The first kappa shape index (κ1) is 23.7. The molecule has 28 heavy (non-hydrogen) atoms. The van der Waals surface area contributed by atoms with Crippen LogP contribution in [0.1, 0.15) is 59.1 Å². The van der Waals surface area contributed by atoms with E-state index in [2.05, 4.69) is 0 Å². The summed E-state index contributed by atoms with van der Waals surface area (Å²) in [6, 6.07) is 7.81. The number of ether oxygens (including phenoxy) is 2. The van der Waals surface area contributed by atoms with Gasteiger partial charge >= 0.3 is 12.2 Å². The van der Waals surface area contributed by atoms with Gasteiger partial charge in [0.25, 0.3) is 0 Å². The number of amides is 2. The van der Waals surface area contributed by atoms with Crippen LogP contribution in [0.15, 0.2) is 30.3 Å². The van der Waals surface area contributed by atoms with E-state index in [-0.39, 0.29) is 13.2 Å². The summed E-state index contributed by atoms with van der Waals surface area (Å²) in [7, 11) is 0. The number of hydrogen-bond acceptors (Lipinski definition) is 5. The van der Waals surface area contributed by atoms with Crippen molar-refractivity contribution in [3.05, 3.63) is 41.5 Å². The van der Waals surface area contributed by atoms with Crippen molar-refractivity contribution in [2.24, 2.45) is 0 Å². The molecule has 0 heterocycles. The summed E-state index contributed by atoms with van der Waals surface area (Å²) in [5, 5.41) is 9.05. The van der Waals surface area contributed by atoms with Crippen LogP contribution in [0.5, 0.6) is 0 Å². The minimum atomic E-state index is -0.750. The van der Waals surface area contributed by atoms with Gasteiger partial charge in [-0.25, -0.2) is 14.5 Å². The Morgan fingerprint density at radius 1 is 1.00 bits per heavy atom. The second-order valence-electron chi connectivity index (χ2n) is 8.50. The highest BCUT2D eigenvalue weighted by Crippen LogP contribution is 2.16. The number of benzene rings is 1. The van der Waals surface area contributed by atoms with E-state index in [9.17, 15) is 9.59 Å². The molecule has 0 radical (unpaired) electrons.